The van der Waals surface area contributed by atoms with Crippen LogP contribution in [0.1, 0.15) is 33.6 Å². The topological polar surface area (TPSA) is 92.2 Å². The maximum absolute atomic E-state index is 12.1. The third-order valence-electron chi connectivity index (χ3n) is 4.29. The van der Waals surface area contributed by atoms with Gasteiger partial charge in [-0.25, -0.2) is 14.6 Å². The molecule has 26 heavy (non-hydrogen) atoms. The highest BCUT2D eigenvalue weighted by molar-refractivity contribution is 6.30. The molecule has 1 fully saturated rings. The number of pyridine rings is 1. The van der Waals surface area contributed by atoms with Gasteiger partial charge in [0, 0.05) is 32.2 Å². The molecule has 0 saturated carbocycles. The second-order valence-corrected chi connectivity index (χ2v) is 7.97. The number of hydrogen-bond donors (Lipinski definition) is 2. The lowest BCUT2D eigenvalue weighted by molar-refractivity contribution is 0.0500. The lowest BCUT2D eigenvalue weighted by atomic mass is 10.1. The van der Waals surface area contributed by atoms with E-state index in [1.807, 2.05) is 20.8 Å². The molecule has 1 aliphatic rings. The third kappa shape index (κ3) is 3.95. The molecule has 1 amide bonds. The molecule has 0 aliphatic carbocycles. The molecule has 0 spiro atoms. The van der Waals surface area contributed by atoms with E-state index in [-0.39, 0.29) is 11.7 Å². The second kappa shape index (κ2) is 6.83. The van der Waals surface area contributed by atoms with Gasteiger partial charge in [0.2, 0.25) is 0 Å². The predicted molar refractivity (Wildman–Crippen MR) is 101 cm³/mol. The Morgan fingerprint density at radius 1 is 1.46 bits per heavy atom. The summed E-state index contributed by atoms with van der Waals surface area (Å²) in [6.45, 7) is 6.91. The van der Waals surface area contributed by atoms with Gasteiger partial charge in [0.1, 0.15) is 16.3 Å². The van der Waals surface area contributed by atoms with Crippen molar-refractivity contribution in [3.05, 3.63) is 21.7 Å². The van der Waals surface area contributed by atoms with Gasteiger partial charge in [-0.1, -0.05) is 11.6 Å². The summed E-state index contributed by atoms with van der Waals surface area (Å²) in [5, 5.41) is 3.25. The van der Waals surface area contributed by atoms with Crippen LogP contribution in [0.3, 0.4) is 0 Å². The first-order valence-corrected chi connectivity index (χ1v) is 9.01. The summed E-state index contributed by atoms with van der Waals surface area (Å²) in [6.07, 6.45) is 1.34. The van der Waals surface area contributed by atoms with E-state index in [9.17, 15) is 9.59 Å². The molecule has 142 valence electrons. The number of ether oxygens (including phenoxy) is 1. The van der Waals surface area contributed by atoms with Crippen LogP contribution in [-0.2, 0) is 11.8 Å². The average Bonchev–Trinajstić information content (AvgIpc) is 2.80. The Morgan fingerprint density at radius 3 is 2.88 bits per heavy atom. The van der Waals surface area contributed by atoms with Gasteiger partial charge in [-0.05, 0) is 33.6 Å². The number of nitrogens with one attached hydrogen (secondary N) is 2. The van der Waals surface area contributed by atoms with E-state index < -0.39 is 11.7 Å². The number of piperidine rings is 1. The highest BCUT2D eigenvalue weighted by Gasteiger charge is 2.26. The van der Waals surface area contributed by atoms with Crippen molar-refractivity contribution in [2.24, 2.45) is 7.05 Å². The molecule has 0 unspecified atom stereocenters. The molecule has 2 N–H and O–H groups in total. The van der Waals surface area contributed by atoms with Crippen molar-refractivity contribution in [3.8, 4) is 0 Å². The lowest BCUT2D eigenvalue weighted by Crippen LogP contribution is -2.49. The summed E-state index contributed by atoms with van der Waals surface area (Å²) in [7, 11) is 1.65. The van der Waals surface area contributed by atoms with Gasteiger partial charge in [0.15, 0.2) is 5.65 Å². The summed E-state index contributed by atoms with van der Waals surface area (Å²) < 4.78 is 6.77. The van der Waals surface area contributed by atoms with Gasteiger partial charge in [-0.15, -0.1) is 0 Å². The lowest BCUT2D eigenvalue weighted by Gasteiger charge is -2.35. The van der Waals surface area contributed by atoms with Gasteiger partial charge in [0.25, 0.3) is 0 Å². The minimum Gasteiger partial charge on any atom is -0.444 e. The number of aromatic amines is 1. The molecule has 3 rings (SSSR count). The Bertz CT molecular complexity index is 883. The van der Waals surface area contributed by atoms with Crippen LogP contribution in [0.25, 0.3) is 11.2 Å². The van der Waals surface area contributed by atoms with Crippen molar-refractivity contribution in [2.45, 2.75) is 45.3 Å². The molecular weight excluding hydrogens is 358 g/mol. The summed E-state index contributed by atoms with van der Waals surface area (Å²) in [4.78, 5) is 33.2. The van der Waals surface area contributed by atoms with E-state index in [2.05, 4.69) is 20.2 Å². The molecule has 2 aromatic heterocycles. The Hall–Kier alpha value is -2.22. The number of hydrogen-bond acceptors (Lipinski definition) is 5. The third-order valence-corrected chi connectivity index (χ3v) is 4.48. The molecule has 0 aromatic carbocycles. The minimum absolute atomic E-state index is 0.0453. The van der Waals surface area contributed by atoms with Gasteiger partial charge in [-0.2, -0.15) is 0 Å². The van der Waals surface area contributed by atoms with Crippen LogP contribution in [0.2, 0.25) is 5.15 Å². The van der Waals surface area contributed by atoms with E-state index in [1.165, 1.54) is 4.57 Å². The van der Waals surface area contributed by atoms with Gasteiger partial charge >= 0.3 is 11.8 Å². The molecule has 2 aromatic rings. The maximum Gasteiger partial charge on any atom is 0.407 e. The summed E-state index contributed by atoms with van der Waals surface area (Å²) in [6, 6.07) is 1.70. The SMILES string of the molecule is Cn1c(=O)[nH]c2c(N3CCC[C@@H](NC(=O)OC(C)(C)C)C3)cc(Cl)nc21. The summed E-state index contributed by atoms with van der Waals surface area (Å²) >= 11 is 6.16. The fraction of sp³-hybridized carbons (Fsp3) is 0.588. The zero-order chi connectivity index (χ0) is 19.1. The van der Waals surface area contributed by atoms with Crippen LogP contribution in [-0.4, -0.2) is 45.4 Å². The number of nitrogens with zero attached hydrogens (tertiary/aromatic N) is 3. The first-order chi connectivity index (χ1) is 12.1. The van der Waals surface area contributed by atoms with Gasteiger partial charge in [-0.3, -0.25) is 4.57 Å². The number of fused-ring (bicyclic) bond motifs is 1. The van der Waals surface area contributed by atoms with Crippen molar-refractivity contribution < 1.29 is 9.53 Å². The van der Waals surface area contributed by atoms with E-state index >= 15 is 0 Å². The molecule has 0 bridgehead atoms. The van der Waals surface area contributed by atoms with Crippen LogP contribution in [0.15, 0.2) is 10.9 Å². The maximum atomic E-state index is 12.1. The fourth-order valence-corrected chi connectivity index (χ4v) is 3.36. The molecule has 1 aliphatic heterocycles. The van der Waals surface area contributed by atoms with Crippen LogP contribution in [0.4, 0.5) is 10.5 Å². The Morgan fingerprint density at radius 2 is 2.19 bits per heavy atom. The predicted octanol–water partition coefficient (Wildman–Crippen LogP) is 2.41. The number of halogens is 1. The molecule has 8 nitrogen and oxygen atoms in total. The Balaban J connectivity index is 1.82. The van der Waals surface area contributed by atoms with Gasteiger partial charge < -0.3 is 19.9 Å². The van der Waals surface area contributed by atoms with Crippen molar-refractivity contribution in [1.82, 2.24) is 19.9 Å². The molecule has 3 heterocycles. The normalized spacial score (nSPS) is 18.2. The van der Waals surface area contributed by atoms with Crippen molar-refractivity contribution >= 4 is 34.5 Å². The number of aryl methyl sites for hydroxylation is 1. The van der Waals surface area contributed by atoms with E-state index in [1.54, 1.807) is 13.1 Å². The van der Waals surface area contributed by atoms with E-state index in [0.717, 1.165) is 25.1 Å². The van der Waals surface area contributed by atoms with Gasteiger partial charge in [0.05, 0.1) is 5.69 Å². The molecule has 1 saturated heterocycles. The van der Waals surface area contributed by atoms with E-state index in [4.69, 9.17) is 16.3 Å². The number of amides is 1. The van der Waals surface area contributed by atoms with Crippen LogP contribution in [0.5, 0.6) is 0 Å². The minimum atomic E-state index is -0.535. The number of H-pyrrole nitrogens is 1. The Kier molecular flexibility index (Phi) is 4.88. The number of rotatable bonds is 2. The quantitative estimate of drug-likeness (QED) is 0.779. The number of alkyl carbamates (subject to hydrolysis) is 1. The molecule has 1 atom stereocenters. The first-order valence-electron chi connectivity index (χ1n) is 8.64. The largest absolute Gasteiger partial charge is 0.444 e. The highest BCUT2D eigenvalue weighted by Crippen LogP contribution is 2.28. The second-order valence-electron chi connectivity index (χ2n) is 7.58. The monoisotopic (exact) mass is 381 g/mol. The van der Waals surface area contributed by atoms with Crippen molar-refractivity contribution in [3.63, 3.8) is 0 Å². The zero-order valence-electron chi connectivity index (χ0n) is 15.4. The zero-order valence-corrected chi connectivity index (χ0v) is 16.2. The summed E-state index contributed by atoms with van der Waals surface area (Å²) in [5.74, 6) is 0. The highest BCUT2D eigenvalue weighted by atomic mass is 35.5. The smallest absolute Gasteiger partial charge is 0.407 e. The number of carbonyl (C=O) groups is 1. The number of aromatic nitrogens is 3. The Labute approximate surface area is 156 Å². The standard InChI is InChI=1S/C17H24ClN5O3/c1-17(2,3)26-16(25)19-10-6-5-7-23(9-10)11-8-12(18)20-14-13(11)21-15(24)22(14)4/h8,10H,5-7,9H2,1-4H3,(H,19,25)(H,21,24)/t10-/m1/s1. The van der Waals surface area contributed by atoms with Crippen LogP contribution in [0, 0.1) is 0 Å². The number of anilines is 1. The van der Waals surface area contributed by atoms with Crippen LogP contribution < -0.4 is 15.9 Å². The molecule has 9 heteroatoms. The fourth-order valence-electron chi connectivity index (χ4n) is 3.18. The molecular formula is C17H24ClN5O3. The van der Waals surface area contributed by atoms with E-state index in [0.29, 0.717) is 22.9 Å². The number of carbonyl (C=O) groups excluding carboxylic acids is 1. The number of imidazole rings is 1. The van der Waals surface area contributed by atoms with Crippen LogP contribution >= 0.6 is 11.6 Å². The average molecular weight is 382 g/mol. The van der Waals surface area contributed by atoms with Crippen molar-refractivity contribution in [2.75, 3.05) is 18.0 Å². The molecule has 0 radical (unpaired) electrons. The summed E-state index contributed by atoms with van der Waals surface area (Å²) in [5.41, 5.74) is 1.21. The first kappa shape index (κ1) is 18.6. The van der Waals surface area contributed by atoms with Crippen molar-refractivity contribution in [1.29, 1.82) is 0 Å².